The molecule has 148 valence electrons. The van der Waals surface area contributed by atoms with Gasteiger partial charge in [0.05, 0.1) is 5.60 Å². The largest absolute Gasteiger partial charge is 0.390 e. The normalized spacial score (nSPS) is 33.5. The van der Waals surface area contributed by atoms with Crippen LogP contribution in [-0.4, -0.2) is 27.6 Å². The van der Waals surface area contributed by atoms with Gasteiger partial charge in [-0.3, -0.25) is 4.79 Å². The molecule has 1 aromatic heterocycles. The molecule has 2 aromatic rings. The average Bonchev–Trinajstić information content (AvgIpc) is 3.23. The first-order valence-electron chi connectivity index (χ1n) is 10.3. The van der Waals surface area contributed by atoms with Crippen molar-refractivity contribution in [2.45, 2.75) is 56.7 Å². The summed E-state index contributed by atoms with van der Waals surface area (Å²) in [5.41, 5.74) is 1.20. The molecule has 1 amide bonds. The molecule has 0 radical (unpaired) electrons. The van der Waals surface area contributed by atoms with Crippen LogP contribution in [0.5, 0.6) is 0 Å². The summed E-state index contributed by atoms with van der Waals surface area (Å²) in [6, 6.07) is 10.3. The van der Waals surface area contributed by atoms with Gasteiger partial charge in [-0.25, -0.2) is 4.98 Å². The first-order valence-corrected chi connectivity index (χ1v) is 11.2. The van der Waals surface area contributed by atoms with E-state index in [1.807, 2.05) is 23.6 Å². The van der Waals surface area contributed by atoms with Crippen molar-refractivity contribution in [1.29, 1.82) is 0 Å². The maximum absolute atomic E-state index is 12.8. The van der Waals surface area contributed by atoms with Gasteiger partial charge >= 0.3 is 0 Å². The van der Waals surface area contributed by atoms with Crippen LogP contribution in [0.2, 0.25) is 0 Å². The Bertz CT molecular complexity index is 854. The van der Waals surface area contributed by atoms with Crippen LogP contribution in [0.1, 0.15) is 54.6 Å². The summed E-state index contributed by atoms with van der Waals surface area (Å²) < 4.78 is 0. The lowest BCUT2D eigenvalue weighted by molar-refractivity contribution is -0.00594. The van der Waals surface area contributed by atoms with E-state index >= 15 is 0 Å². The lowest BCUT2D eigenvalue weighted by atomic mass is 9.77. The second-order valence-electron chi connectivity index (χ2n) is 8.90. The summed E-state index contributed by atoms with van der Waals surface area (Å²) in [7, 11) is 0. The van der Waals surface area contributed by atoms with Gasteiger partial charge in [-0.05, 0) is 61.8 Å². The number of thiazole rings is 1. The van der Waals surface area contributed by atoms with E-state index in [1.165, 1.54) is 23.3 Å². The number of benzene rings is 1. The van der Waals surface area contributed by atoms with Gasteiger partial charge in [0.25, 0.3) is 5.91 Å². The number of amides is 1. The number of carbonyl (C=O) groups is 1. The van der Waals surface area contributed by atoms with Crippen LogP contribution < -0.4 is 10.6 Å². The lowest BCUT2D eigenvalue weighted by Gasteiger charge is -2.33. The van der Waals surface area contributed by atoms with Crippen molar-refractivity contribution in [1.82, 2.24) is 10.3 Å². The summed E-state index contributed by atoms with van der Waals surface area (Å²) in [5, 5.41) is 20.0. The molecule has 0 aliphatic heterocycles. The summed E-state index contributed by atoms with van der Waals surface area (Å²) in [4.78, 5) is 17.3. The standard InChI is InChI=1S/C22H27N3O2S/c26-20(19-13-28-21(25-19)23-12-14-4-2-1-3-5-14)24-18-7-6-15-8-16-10-22(27,9-15)11-17(16)18/h1-5,13,15-18,27H,6-12H2,(H,23,25)(H,24,26)/t15?,16?,17?,18-,22-/m0/s1. The third-order valence-electron chi connectivity index (χ3n) is 6.91. The number of hydrogen-bond acceptors (Lipinski definition) is 5. The van der Waals surface area contributed by atoms with Crippen LogP contribution in [0.4, 0.5) is 5.13 Å². The van der Waals surface area contributed by atoms with Crippen LogP contribution in [0.15, 0.2) is 35.7 Å². The van der Waals surface area contributed by atoms with E-state index in [2.05, 4.69) is 27.8 Å². The number of anilines is 1. The first-order chi connectivity index (χ1) is 13.6. The number of fused-ring (bicyclic) bond motifs is 2. The van der Waals surface area contributed by atoms with Gasteiger partial charge < -0.3 is 15.7 Å². The highest BCUT2D eigenvalue weighted by atomic mass is 32.1. The Balaban J connectivity index is 1.22. The highest BCUT2D eigenvalue weighted by molar-refractivity contribution is 7.13. The molecule has 3 unspecified atom stereocenters. The minimum atomic E-state index is -0.475. The van der Waals surface area contributed by atoms with E-state index < -0.39 is 5.60 Å². The number of aromatic nitrogens is 1. The van der Waals surface area contributed by atoms with Crippen LogP contribution in [0.3, 0.4) is 0 Å². The Morgan fingerprint density at radius 3 is 2.93 bits per heavy atom. The predicted molar refractivity (Wildman–Crippen MR) is 110 cm³/mol. The fraction of sp³-hybridized carbons (Fsp3) is 0.545. The number of aliphatic hydroxyl groups is 1. The Morgan fingerprint density at radius 2 is 2.07 bits per heavy atom. The minimum absolute atomic E-state index is 0.0813. The van der Waals surface area contributed by atoms with Gasteiger partial charge in [-0.15, -0.1) is 11.3 Å². The maximum Gasteiger partial charge on any atom is 0.271 e. The lowest BCUT2D eigenvalue weighted by Crippen LogP contribution is -2.42. The molecule has 3 saturated carbocycles. The fourth-order valence-corrected chi connectivity index (χ4v) is 6.47. The zero-order valence-corrected chi connectivity index (χ0v) is 16.8. The predicted octanol–water partition coefficient (Wildman–Crippen LogP) is 3.81. The summed E-state index contributed by atoms with van der Waals surface area (Å²) >= 11 is 1.47. The van der Waals surface area contributed by atoms with E-state index in [0.717, 1.165) is 37.2 Å². The van der Waals surface area contributed by atoms with Crippen LogP contribution in [-0.2, 0) is 6.54 Å². The van der Waals surface area contributed by atoms with E-state index in [0.29, 0.717) is 30.0 Å². The maximum atomic E-state index is 12.8. The third kappa shape index (κ3) is 3.55. The molecule has 3 N–H and O–H groups in total. The molecule has 3 fully saturated rings. The van der Waals surface area contributed by atoms with Gasteiger partial charge in [0, 0.05) is 18.0 Å². The van der Waals surface area contributed by atoms with Crippen molar-refractivity contribution in [3.05, 3.63) is 47.0 Å². The zero-order valence-electron chi connectivity index (χ0n) is 15.9. The summed E-state index contributed by atoms with van der Waals surface area (Å²) in [6.07, 6.45) is 6.09. The van der Waals surface area contributed by atoms with Crippen LogP contribution in [0, 0.1) is 17.8 Å². The Morgan fingerprint density at radius 1 is 1.21 bits per heavy atom. The van der Waals surface area contributed by atoms with E-state index in [9.17, 15) is 9.90 Å². The zero-order chi connectivity index (χ0) is 19.1. The molecule has 5 atom stereocenters. The molecule has 5 rings (SSSR count). The highest BCUT2D eigenvalue weighted by Crippen LogP contribution is 2.55. The van der Waals surface area contributed by atoms with Crippen LogP contribution in [0.25, 0.3) is 0 Å². The molecule has 0 saturated heterocycles. The van der Waals surface area contributed by atoms with Crippen molar-refractivity contribution >= 4 is 22.4 Å². The Labute approximate surface area is 169 Å². The second-order valence-corrected chi connectivity index (χ2v) is 9.75. The molecule has 28 heavy (non-hydrogen) atoms. The molecule has 5 nitrogen and oxygen atoms in total. The second kappa shape index (κ2) is 7.16. The average molecular weight is 398 g/mol. The van der Waals surface area contributed by atoms with Crippen molar-refractivity contribution in [3.63, 3.8) is 0 Å². The molecule has 3 aliphatic rings. The highest BCUT2D eigenvalue weighted by Gasteiger charge is 2.53. The van der Waals surface area contributed by atoms with Crippen molar-refractivity contribution in [2.75, 3.05) is 5.32 Å². The Hall–Kier alpha value is -1.92. The third-order valence-corrected chi connectivity index (χ3v) is 7.71. The molecule has 3 bridgehead atoms. The molecular formula is C22H27N3O2S. The molecule has 0 spiro atoms. The van der Waals surface area contributed by atoms with Gasteiger partial charge in [-0.1, -0.05) is 30.3 Å². The molecular weight excluding hydrogens is 370 g/mol. The number of rotatable bonds is 5. The van der Waals surface area contributed by atoms with E-state index in [-0.39, 0.29) is 11.9 Å². The SMILES string of the molecule is O=C(N[C@H]1CCC2CC3C[C@@](O)(C2)CC31)c1csc(NCc2ccccc2)n1. The summed E-state index contributed by atoms with van der Waals surface area (Å²) in [6.45, 7) is 0.696. The van der Waals surface area contributed by atoms with Crippen molar-refractivity contribution < 1.29 is 9.90 Å². The smallest absolute Gasteiger partial charge is 0.271 e. The van der Waals surface area contributed by atoms with Crippen molar-refractivity contribution in [2.24, 2.45) is 17.8 Å². The molecule has 1 aromatic carbocycles. The fourth-order valence-electron chi connectivity index (χ4n) is 5.78. The number of hydrogen-bond donors (Lipinski definition) is 3. The Kier molecular flexibility index (Phi) is 4.63. The molecule has 6 heteroatoms. The summed E-state index contributed by atoms with van der Waals surface area (Å²) in [5.74, 6) is 1.52. The number of nitrogens with one attached hydrogen (secondary N) is 2. The van der Waals surface area contributed by atoms with Gasteiger partial charge in [-0.2, -0.15) is 0 Å². The van der Waals surface area contributed by atoms with Gasteiger partial charge in [0.1, 0.15) is 5.69 Å². The minimum Gasteiger partial charge on any atom is -0.390 e. The topological polar surface area (TPSA) is 74.2 Å². The quantitative estimate of drug-likeness (QED) is 0.717. The van der Waals surface area contributed by atoms with Gasteiger partial charge in [0.2, 0.25) is 0 Å². The number of carbonyl (C=O) groups excluding carboxylic acids is 1. The monoisotopic (exact) mass is 397 g/mol. The first kappa shape index (κ1) is 18.1. The number of nitrogens with zero attached hydrogens (tertiary/aromatic N) is 1. The molecule has 3 aliphatic carbocycles. The van der Waals surface area contributed by atoms with E-state index in [1.54, 1.807) is 0 Å². The van der Waals surface area contributed by atoms with Crippen molar-refractivity contribution in [3.8, 4) is 0 Å². The molecule has 1 heterocycles. The van der Waals surface area contributed by atoms with Gasteiger partial charge in [0.15, 0.2) is 5.13 Å². The van der Waals surface area contributed by atoms with Crippen LogP contribution >= 0.6 is 11.3 Å². The van der Waals surface area contributed by atoms with E-state index in [4.69, 9.17) is 0 Å².